The van der Waals surface area contributed by atoms with E-state index >= 15 is 0 Å². The Balaban J connectivity index is 1.67. The van der Waals surface area contributed by atoms with E-state index < -0.39 is 37.8 Å². The molecule has 15 heteroatoms. The Morgan fingerprint density at radius 3 is 2.12 bits per heavy atom. The minimum absolute atomic E-state index is 0.0783. The van der Waals surface area contributed by atoms with Gasteiger partial charge in [0.1, 0.15) is 30.2 Å². The fraction of sp³-hybridized carbons (Fsp3) is 0.731. The molecule has 1 fully saturated rings. The van der Waals surface area contributed by atoms with Crippen molar-refractivity contribution in [3.63, 3.8) is 0 Å². The van der Waals surface area contributed by atoms with Crippen molar-refractivity contribution in [1.29, 1.82) is 0 Å². The molecule has 0 spiro atoms. The molecule has 1 saturated heterocycles. The fourth-order valence-electron chi connectivity index (χ4n) is 3.84. The van der Waals surface area contributed by atoms with Crippen LogP contribution in [0.3, 0.4) is 0 Å². The van der Waals surface area contributed by atoms with E-state index in [0.717, 1.165) is 0 Å². The van der Waals surface area contributed by atoms with E-state index in [1.54, 1.807) is 10.9 Å². The van der Waals surface area contributed by atoms with Crippen molar-refractivity contribution in [3.8, 4) is 0 Å². The maximum atomic E-state index is 14.0. The predicted molar refractivity (Wildman–Crippen MR) is 152 cm³/mol. The number of rotatable bonds is 12. The van der Waals surface area contributed by atoms with Gasteiger partial charge in [-0.2, -0.15) is 0 Å². The summed E-state index contributed by atoms with van der Waals surface area (Å²) in [5, 5.41) is 5.44. The van der Waals surface area contributed by atoms with Crippen LogP contribution in [0.5, 0.6) is 0 Å². The standard InChI is InChI=1S/C26H44N7O7P/c1-16(23(34)37-12-25(3,4)5)31-41(36,32-17(2)24(35)38-13-26(6,7)8)39-11-18-9-10-19(40-18)33-15-30-20-21(27)28-14-29-22(20)33/h14-19H,9-13H2,1-8H3,(H2,27,28,29)(H2,31,32,36)/t16-,17-,18+,19-/m1/s1. The van der Waals surface area contributed by atoms with Gasteiger partial charge < -0.3 is 24.5 Å². The molecule has 4 atom stereocenters. The SMILES string of the molecule is C[C@@H](NP(=O)(N[C@H](C)C(=O)OCC(C)(C)C)OC[C@@H]1CC[C@H](n2cnc3c(N)ncnc32)O1)C(=O)OCC(C)(C)C. The lowest BCUT2D eigenvalue weighted by molar-refractivity contribution is -0.148. The minimum atomic E-state index is -3.98. The number of hydrogen-bond acceptors (Lipinski definition) is 11. The number of hydrogen-bond donors (Lipinski definition) is 3. The Kier molecular flexibility index (Phi) is 10.5. The van der Waals surface area contributed by atoms with Gasteiger partial charge in [-0.1, -0.05) is 41.5 Å². The first-order valence-electron chi connectivity index (χ1n) is 13.7. The third-order valence-corrected chi connectivity index (χ3v) is 7.92. The number of nitrogens with one attached hydrogen (secondary N) is 2. The first-order chi connectivity index (χ1) is 19.0. The summed E-state index contributed by atoms with van der Waals surface area (Å²) in [6.45, 7) is 14.9. The normalized spacial score (nSPS) is 19.7. The molecular formula is C26H44N7O7P. The molecule has 2 aromatic rings. The second-order valence-electron chi connectivity index (χ2n) is 12.8. The molecule has 0 saturated carbocycles. The Labute approximate surface area is 241 Å². The van der Waals surface area contributed by atoms with Gasteiger partial charge in [-0.3, -0.25) is 18.7 Å². The molecule has 14 nitrogen and oxygen atoms in total. The van der Waals surface area contributed by atoms with Gasteiger partial charge in [0.05, 0.1) is 32.3 Å². The highest BCUT2D eigenvalue weighted by atomic mass is 31.2. The van der Waals surface area contributed by atoms with Gasteiger partial charge in [0, 0.05) is 0 Å². The zero-order valence-electron chi connectivity index (χ0n) is 25.2. The number of esters is 2. The monoisotopic (exact) mass is 597 g/mol. The molecule has 41 heavy (non-hydrogen) atoms. The summed E-state index contributed by atoms with van der Waals surface area (Å²) in [6, 6.07) is -1.98. The molecule has 0 bridgehead atoms. The molecule has 0 radical (unpaired) electrons. The Morgan fingerprint density at radius 2 is 1.59 bits per heavy atom. The summed E-state index contributed by atoms with van der Waals surface area (Å²) in [4.78, 5) is 37.8. The number of carbonyl (C=O) groups is 2. The van der Waals surface area contributed by atoms with Crippen LogP contribution < -0.4 is 15.9 Å². The molecule has 0 aromatic carbocycles. The first kappa shape index (κ1) is 32.9. The summed E-state index contributed by atoms with van der Waals surface area (Å²) in [5.74, 6) is -0.923. The number of carbonyl (C=O) groups excluding carboxylic acids is 2. The zero-order valence-corrected chi connectivity index (χ0v) is 26.1. The summed E-state index contributed by atoms with van der Waals surface area (Å²) < 4.78 is 38.5. The minimum Gasteiger partial charge on any atom is -0.464 e. The van der Waals surface area contributed by atoms with E-state index in [4.69, 9.17) is 24.5 Å². The largest absolute Gasteiger partial charge is 0.464 e. The van der Waals surface area contributed by atoms with Gasteiger partial charge in [0.15, 0.2) is 11.5 Å². The number of anilines is 1. The van der Waals surface area contributed by atoms with Gasteiger partial charge in [-0.05, 0) is 37.5 Å². The number of fused-ring (bicyclic) bond motifs is 1. The second kappa shape index (κ2) is 13.1. The van der Waals surface area contributed by atoms with Gasteiger partial charge >= 0.3 is 19.6 Å². The molecule has 1 aliphatic rings. The van der Waals surface area contributed by atoms with Crippen molar-refractivity contribution in [2.75, 3.05) is 25.6 Å². The number of ether oxygens (including phenoxy) is 3. The van der Waals surface area contributed by atoms with Crippen molar-refractivity contribution >= 4 is 36.6 Å². The van der Waals surface area contributed by atoms with E-state index in [0.29, 0.717) is 24.0 Å². The number of aromatic nitrogens is 4. The van der Waals surface area contributed by atoms with Gasteiger partial charge in [-0.15, -0.1) is 0 Å². The van der Waals surface area contributed by atoms with Crippen LogP contribution in [0.25, 0.3) is 11.2 Å². The van der Waals surface area contributed by atoms with E-state index in [1.807, 2.05) is 41.5 Å². The summed E-state index contributed by atoms with van der Waals surface area (Å²) >= 11 is 0. The van der Waals surface area contributed by atoms with Crippen LogP contribution in [-0.4, -0.2) is 69.5 Å². The van der Waals surface area contributed by atoms with E-state index in [-0.39, 0.29) is 42.7 Å². The number of nitrogens with zero attached hydrogens (tertiary/aromatic N) is 4. The maximum Gasteiger partial charge on any atom is 0.342 e. The van der Waals surface area contributed by atoms with Crippen LogP contribution in [-0.2, 0) is 32.9 Å². The maximum absolute atomic E-state index is 14.0. The van der Waals surface area contributed by atoms with Crippen LogP contribution in [0.4, 0.5) is 5.82 Å². The highest BCUT2D eigenvalue weighted by Gasteiger charge is 2.36. The quantitative estimate of drug-likeness (QED) is 0.239. The third-order valence-electron chi connectivity index (χ3n) is 5.95. The number of imidazole rings is 1. The zero-order chi connectivity index (χ0) is 30.6. The number of nitrogens with two attached hydrogens (primary N) is 1. The topological polar surface area (TPSA) is 182 Å². The lowest BCUT2D eigenvalue weighted by atomic mass is 9.99. The Bertz CT molecular complexity index is 1220. The van der Waals surface area contributed by atoms with Crippen LogP contribution >= 0.6 is 7.67 Å². The molecule has 2 aromatic heterocycles. The first-order valence-corrected chi connectivity index (χ1v) is 15.3. The molecule has 3 heterocycles. The smallest absolute Gasteiger partial charge is 0.342 e. The van der Waals surface area contributed by atoms with Crippen molar-refractivity contribution in [2.24, 2.45) is 10.8 Å². The fourth-order valence-corrected chi connectivity index (χ4v) is 5.67. The molecule has 0 aliphatic carbocycles. The highest BCUT2D eigenvalue weighted by molar-refractivity contribution is 7.54. The molecule has 3 rings (SSSR count). The van der Waals surface area contributed by atoms with E-state index in [1.165, 1.54) is 20.2 Å². The molecule has 4 N–H and O–H groups in total. The van der Waals surface area contributed by atoms with Gasteiger partial charge in [0.2, 0.25) is 0 Å². The van der Waals surface area contributed by atoms with Crippen LogP contribution in [0.1, 0.15) is 74.5 Å². The third kappa shape index (κ3) is 9.71. The second-order valence-corrected chi connectivity index (χ2v) is 14.6. The Morgan fingerprint density at radius 1 is 1.02 bits per heavy atom. The van der Waals surface area contributed by atoms with Crippen LogP contribution in [0.2, 0.25) is 0 Å². The molecule has 0 unspecified atom stereocenters. The van der Waals surface area contributed by atoms with Crippen molar-refractivity contribution in [2.45, 2.75) is 92.6 Å². The van der Waals surface area contributed by atoms with Crippen molar-refractivity contribution in [3.05, 3.63) is 12.7 Å². The lowest BCUT2D eigenvalue weighted by Crippen LogP contribution is -2.43. The predicted octanol–water partition coefficient (Wildman–Crippen LogP) is 3.35. The summed E-state index contributed by atoms with van der Waals surface area (Å²) in [6.07, 6.45) is 3.35. The average Bonchev–Trinajstić information content (AvgIpc) is 3.51. The van der Waals surface area contributed by atoms with Gasteiger partial charge in [-0.25, -0.2) is 25.1 Å². The number of nitrogen functional groups attached to an aromatic ring is 1. The Hall–Kier alpha value is -2.64. The molecule has 1 aliphatic heterocycles. The van der Waals surface area contributed by atoms with Crippen LogP contribution in [0.15, 0.2) is 12.7 Å². The van der Waals surface area contributed by atoms with Gasteiger partial charge in [0.25, 0.3) is 0 Å². The average molecular weight is 598 g/mol. The van der Waals surface area contributed by atoms with E-state index in [9.17, 15) is 14.2 Å². The lowest BCUT2D eigenvalue weighted by Gasteiger charge is -2.28. The summed E-state index contributed by atoms with van der Waals surface area (Å²) in [5.41, 5.74) is 6.43. The summed E-state index contributed by atoms with van der Waals surface area (Å²) in [7, 11) is -3.98. The van der Waals surface area contributed by atoms with Crippen molar-refractivity contribution in [1.82, 2.24) is 29.7 Å². The van der Waals surface area contributed by atoms with Crippen molar-refractivity contribution < 1.29 is 32.9 Å². The molecule has 0 amide bonds. The van der Waals surface area contributed by atoms with E-state index in [2.05, 4.69) is 25.1 Å². The molecule has 230 valence electrons. The highest BCUT2D eigenvalue weighted by Crippen LogP contribution is 2.41. The van der Waals surface area contributed by atoms with Crippen LogP contribution in [0, 0.1) is 10.8 Å². The molecular weight excluding hydrogens is 553 g/mol.